The Kier molecular flexibility index (Phi) is 5.11. The number of benzene rings is 1. The first kappa shape index (κ1) is 20.2. The molecule has 2 aromatic rings. The van der Waals surface area contributed by atoms with Gasteiger partial charge in [-0.3, -0.25) is 4.79 Å². The quantitative estimate of drug-likeness (QED) is 0.671. The molecule has 2 N–H and O–H groups in total. The molecule has 1 saturated carbocycles. The van der Waals surface area contributed by atoms with Gasteiger partial charge >= 0.3 is 11.9 Å². The zero-order chi connectivity index (χ0) is 21.5. The molecule has 1 fully saturated rings. The largest absolute Gasteiger partial charge is 0.493 e. The Bertz CT molecular complexity index is 1080. The molecule has 1 aliphatic heterocycles. The lowest BCUT2D eigenvalue weighted by Crippen LogP contribution is -2.46. The first-order valence-corrected chi connectivity index (χ1v) is 9.89. The minimum atomic E-state index is -1.26. The lowest BCUT2D eigenvalue weighted by atomic mass is 9.69. The van der Waals surface area contributed by atoms with E-state index in [1.54, 1.807) is 13.2 Å². The number of carboxylic acids is 2. The fraction of sp³-hybridized carbons (Fsp3) is 0.409. The average molecular weight is 413 g/mol. The van der Waals surface area contributed by atoms with Crippen LogP contribution in [0.2, 0.25) is 0 Å². The minimum absolute atomic E-state index is 0.0111. The Hall–Kier alpha value is -3.13. The number of hydrogen-bond donors (Lipinski definition) is 2. The number of carbonyl (C=O) groups is 2. The topological polar surface area (TPSA) is 115 Å². The number of hydrogen-bond acceptors (Lipinski definition) is 5. The second-order valence-electron chi connectivity index (χ2n) is 7.87. The van der Waals surface area contributed by atoms with Gasteiger partial charge in [0.25, 0.3) is 0 Å². The van der Waals surface area contributed by atoms with Crippen LogP contribution in [0.5, 0.6) is 5.75 Å². The molecule has 4 rings (SSSR count). The summed E-state index contributed by atoms with van der Waals surface area (Å²) in [5.41, 5.74) is 0.944. The summed E-state index contributed by atoms with van der Waals surface area (Å²) in [6.07, 6.45) is 5.42. The van der Waals surface area contributed by atoms with E-state index in [4.69, 9.17) is 9.47 Å². The van der Waals surface area contributed by atoms with Crippen molar-refractivity contribution in [3.05, 3.63) is 51.3 Å². The summed E-state index contributed by atoms with van der Waals surface area (Å²) in [7, 11) is 1.59. The summed E-state index contributed by atoms with van der Waals surface area (Å²) in [6.45, 7) is 0.842. The van der Waals surface area contributed by atoms with Crippen LogP contribution in [0.25, 0.3) is 11.3 Å². The Labute approximate surface area is 172 Å². The zero-order valence-electron chi connectivity index (χ0n) is 16.6. The van der Waals surface area contributed by atoms with Gasteiger partial charge in [0.15, 0.2) is 5.43 Å². The fourth-order valence-electron chi connectivity index (χ4n) is 4.42. The van der Waals surface area contributed by atoms with Gasteiger partial charge < -0.3 is 24.3 Å². The number of aromatic nitrogens is 1. The summed E-state index contributed by atoms with van der Waals surface area (Å²) in [4.78, 5) is 35.8. The number of aromatic carboxylic acids is 2. The molecule has 2 heterocycles. The highest BCUT2D eigenvalue weighted by atomic mass is 16.5. The predicted octanol–water partition coefficient (Wildman–Crippen LogP) is 2.76. The van der Waals surface area contributed by atoms with Crippen molar-refractivity contribution in [3.8, 4) is 17.0 Å². The molecule has 2 aliphatic rings. The molecule has 30 heavy (non-hydrogen) atoms. The van der Waals surface area contributed by atoms with E-state index in [0.717, 1.165) is 24.8 Å². The number of pyridine rings is 1. The molecule has 1 aromatic heterocycles. The van der Waals surface area contributed by atoms with Crippen LogP contribution in [0.4, 0.5) is 0 Å². The molecule has 8 nitrogen and oxygen atoms in total. The van der Waals surface area contributed by atoms with Crippen molar-refractivity contribution in [1.82, 2.24) is 4.57 Å². The van der Waals surface area contributed by atoms with Crippen LogP contribution in [0.3, 0.4) is 0 Å². The molecule has 0 atom stereocenters. The third-order valence-corrected chi connectivity index (χ3v) is 6.06. The van der Waals surface area contributed by atoms with Crippen molar-refractivity contribution in [3.63, 3.8) is 0 Å². The highest BCUT2D eigenvalue weighted by Gasteiger charge is 2.43. The van der Waals surface area contributed by atoms with E-state index < -0.39 is 17.4 Å². The molecule has 0 bridgehead atoms. The normalized spacial score (nSPS) is 15.8. The molecule has 0 saturated heterocycles. The van der Waals surface area contributed by atoms with E-state index in [1.165, 1.54) is 18.3 Å². The molecule has 0 radical (unpaired) electrons. The van der Waals surface area contributed by atoms with E-state index in [2.05, 4.69) is 0 Å². The monoisotopic (exact) mass is 413 g/mol. The summed E-state index contributed by atoms with van der Waals surface area (Å²) >= 11 is 0. The first-order chi connectivity index (χ1) is 14.4. The lowest BCUT2D eigenvalue weighted by molar-refractivity contribution is 0.0681. The molecule has 158 valence electrons. The fourth-order valence-corrected chi connectivity index (χ4v) is 4.42. The lowest BCUT2D eigenvalue weighted by Gasteiger charge is -2.48. The van der Waals surface area contributed by atoms with Crippen LogP contribution in [-0.4, -0.2) is 47.0 Å². The van der Waals surface area contributed by atoms with Crippen LogP contribution in [0.1, 0.15) is 52.0 Å². The maximum Gasteiger partial charge on any atom is 0.341 e. The molecule has 1 aliphatic carbocycles. The van der Waals surface area contributed by atoms with E-state index in [0.29, 0.717) is 43.1 Å². The molecule has 1 aromatic carbocycles. The Balaban J connectivity index is 1.85. The van der Waals surface area contributed by atoms with Gasteiger partial charge in [0.1, 0.15) is 16.9 Å². The summed E-state index contributed by atoms with van der Waals surface area (Å²) in [5, 5.41) is 19.1. The number of fused-ring (bicyclic) bond motifs is 4. The molecule has 0 amide bonds. The number of ether oxygens (including phenoxy) is 2. The van der Waals surface area contributed by atoms with Gasteiger partial charge in [-0.2, -0.15) is 0 Å². The molecular formula is C22H23NO7. The number of rotatable bonds is 7. The van der Waals surface area contributed by atoms with Gasteiger partial charge in [-0.25, -0.2) is 9.59 Å². The van der Waals surface area contributed by atoms with Crippen molar-refractivity contribution in [1.29, 1.82) is 0 Å². The predicted molar refractivity (Wildman–Crippen MR) is 108 cm³/mol. The van der Waals surface area contributed by atoms with Crippen molar-refractivity contribution in [2.24, 2.45) is 0 Å². The van der Waals surface area contributed by atoms with Gasteiger partial charge in [0, 0.05) is 43.5 Å². The van der Waals surface area contributed by atoms with Crippen molar-refractivity contribution in [2.45, 2.75) is 37.6 Å². The molecular weight excluding hydrogens is 390 g/mol. The molecule has 1 spiro atoms. The highest BCUT2D eigenvalue weighted by molar-refractivity contribution is 5.93. The SMILES string of the molecule is COCCCOc1cc2c(cc1C(=O)O)-c1cc(=O)c(C(=O)O)cn1C1(CCC1)C2. The number of methoxy groups -OCH3 is 1. The van der Waals surface area contributed by atoms with Crippen LogP contribution in [0.15, 0.2) is 29.2 Å². The van der Waals surface area contributed by atoms with E-state index in [9.17, 15) is 24.6 Å². The van der Waals surface area contributed by atoms with Crippen molar-refractivity contribution >= 4 is 11.9 Å². The smallest absolute Gasteiger partial charge is 0.341 e. The maximum absolute atomic E-state index is 12.4. The second-order valence-corrected chi connectivity index (χ2v) is 7.87. The average Bonchev–Trinajstić information content (AvgIpc) is 2.67. The standard InChI is InChI=1S/C22H23NO7/c1-29-6-3-7-30-19-8-13-11-22(4-2-5-22)23-12-16(21(27)28)18(24)10-17(23)14(13)9-15(19)20(25)26/h8-10,12H,2-7,11H2,1H3,(H,25,26)(H,27,28). The first-order valence-electron chi connectivity index (χ1n) is 9.89. The minimum Gasteiger partial charge on any atom is -0.493 e. The zero-order valence-corrected chi connectivity index (χ0v) is 16.6. The van der Waals surface area contributed by atoms with Crippen molar-refractivity contribution in [2.75, 3.05) is 20.3 Å². The van der Waals surface area contributed by atoms with Gasteiger partial charge in [0.2, 0.25) is 0 Å². The van der Waals surface area contributed by atoms with Crippen LogP contribution >= 0.6 is 0 Å². The van der Waals surface area contributed by atoms with E-state index in [-0.39, 0.29) is 16.7 Å². The van der Waals surface area contributed by atoms with Crippen molar-refractivity contribution < 1.29 is 29.3 Å². The molecule has 8 heteroatoms. The third kappa shape index (κ3) is 3.27. The van der Waals surface area contributed by atoms with E-state index in [1.807, 2.05) is 4.57 Å². The van der Waals surface area contributed by atoms with Gasteiger partial charge in [-0.1, -0.05) is 0 Å². The van der Waals surface area contributed by atoms with Crippen LogP contribution < -0.4 is 10.2 Å². The number of nitrogens with zero attached hydrogens (tertiary/aromatic N) is 1. The maximum atomic E-state index is 12.4. The van der Waals surface area contributed by atoms with Crippen LogP contribution in [-0.2, 0) is 16.7 Å². The summed E-state index contributed by atoms with van der Waals surface area (Å²) in [6, 6.07) is 4.59. The summed E-state index contributed by atoms with van der Waals surface area (Å²) < 4.78 is 12.6. The second kappa shape index (κ2) is 7.60. The Morgan fingerprint density at radius 3 is 2.43 bits per heavy atom. The molecule has 0 unspecified atom stereocenters. The van der Waals surface area contributed by atoms with Gasteiger partial charge in [0.05, 0.1) is 12.3 Å². The Morgan fingerprint density at radius 1 is 1.10 bits per heavy atom. The van der Waals surface area contributed by atoms with Crippen LogP contribution in [0, 0.1) is 0 Å². The van der Waals surface area contributed by atoms with Gasteiger partial charge in [-0.15, -0.1) is 0 Å². The van der Waals surface area contributed by atoms with E-state index >= 15 is 0 Å². The number of carboxylic acid groups (broad SMARTS) is 2. The van der Waals surface area contributed by atoms with Gasteiger partial charge in [-0.05, 0) is 43.4 Å². The third-order valence-electron chi connectivity index (χ3n) is 6.06. The highest BCUT2D eigenvalue weighted by Crippen LogP contribution is 2.49. The Morgan fingerprint density at radius 2 is 1.83 bits per heavy atom. The summed E-state index contributed by atoms with van der Waals surface area (Å²) in [5.74, 6) is -2.09.